The molecule has 0 aromatic heterocycles. The highest BCUT2D eigenvalue weighted by atomic mass is 16.5. The van der Waals surface area contributed by atoms with Gasteiger partial charge in [0.1, 0.15) is 0 Å². The van der Waals surface area contributed by atoms with Gasteiger partial charge in [0.25, 0.3) is 0 Å². The van der Waals surface area contributed by atoms with E-state index < -0.39 is 0 Å². The van der Waals surface area contributed by atoms with E-state index >= 15 is 0 Å². The fourth-order valence-corrected chi connectivity index (χ4v) is 2.56. The Morgan fingerprint density at radius 3 is 2.60 bits per heavy atom. The second-order valence-electron chi connectivity index (χ2n) is 4.72. The molecule has 1 heterocycles. The molecule has 1 saturated heterocycles. The molecular weight excluding hydrogens is 190 g/mol. The Hall–Kier alpha value is -0.120. The monoisotopic (exact) mass is 213 g/mol. The average molecular weight is 213 g/mol. The van der Waals surface area contributed by atoms with Gasteiger partial charge < -0.3 is 9.47 Å². The number of likely N-dealkylation sites (tertiary alicyclic amines) is 1. The minimum Gasteiger partial charge on any atom is -0.380 e. The largest absolute Gasteiger partial charge is 0.380 e. The third kappa shape index (κ3) is 2.52. The molecule has 0 unspecified atom stereocenters. The molecule has 0 N–H and O–H groups in total. The van der Waals surface area contributed by atoms with Crippen LogP contribution >= 0.6 is 0 Å². The fourth-order valence-electron chi connectivity index (χ4n) is 2.56. The Morgan fingerprint density at radius 2 is 2.07 bits per heavy atom. The summed E-state index contributed by atoms with van der Waals surface area (Å²) in [5, 5.41) is 0. The Bertz CT molecular complexity index is 206. The highest BCUT2D eigenvalue weighted by Gasteiger charge is 2.40. The Morgan fingerprint density at radius 1 is 1.33 bits per heavy atom. The van der Waals surface area contributed by atoms with Crippen molar-refractivity contribution in [3.05, 3.63) is 0 Å². The molecule has 2 rings (SSSR count). The predicted octanol–water partition coefficient (Wildman–Crippen LogP) is 1.66. The molecule has 15 heavy (non-hydrogen) atoms. The first-order chi connectivity index (χ1) is 7.26. The van der Waals surface area contributed by atoms with Crippen LogP contribution in [-0.2, 0) is 9.47 Å². The summed E-state index contributed by atoms with van der Waals surface area (Å²) < 4.78 is 11.5. The van der Waals surface area contributed by atoms with Crippen LogP contribution in [0.1, 0.15) is 33.1 Å². The maximum Gasteiger partial charge on any atom is 0.0771 e. The molecule has 3 heteroatoms. The second-order valence-corrected chi connectivity index (χ2v) is 4.72. The average Bonchev–Trinajstić information content (AvgIpc) is 2.96. The van der Waals surface area contributed by atoms with E-state index in [0.29, 0.717) is 18.2 Å². The SMILES string of the molecule is CCN1CC[C@H](OC2CC2)[C@H]1[C@H](C)OC. The highest BCUT2D eigenvalue weighted by Crippen LogP contribution is 2.32. The molecule has 3 nitrogen and oxygen atoms in total. The van der Waals surface area contributed by atoms with Gasteiger partial charge in [-0.05, 0) is 32.7 Å². The van der Waals surface area contributed by atoms with Crippen molar-refractivity contribution in [1.82, 2.24) is 4.90 Å². The molecule has 1 saturated carbocycles. The van der Waals surface area contributed by atoms with Crippen molar-refractivity contribution >= 4 is 0 Å². The van der Waals surface area contributed by atoms with Gasteiger partial charge in [-0.3, -0.25) is 4.90 Å². The van der Waals surface area contributed by atoms with Gasteiger partial charge >= 0.3 is 0 Å². The molecule has 0 aromatic rings. The molecule has 0 bridgehead atoms. The maximum atomic E-state index is 6.07. The number of ether oxygens (including phenoxy) is 2. The summed E-state index contributed by atoms with van der Waals surface area (Å²) in [4.78, 5) is 2.49. The lowest BCUT2D eigenvalue weighted by atomic mass is 10.1. The molecule has 2 aliphatic rings. The van der Waals surface area contributed by atoms with Gasteiger partial charge in [-0.1, -0.05) is 6.92 Å². The van der Waals surface area contributed by atoms with Gasteiger partial charge in [-0.25, -0.2) is 0 Å². The lowest BCUT2D eigenvalue weighted by molar-refractivity contribution is -0.0396. The summed E-state index contributed by atoms with van der Waals surface area (Å²) in [6.07, 6.45) is 4.91. The van der Waals surface area contributed by atoms with Crippen molar-refractivity contribution in [3.63, 3.8) is 0 Å². The molecule has 88 valence electrons. The minimum absolute atomic E-state index is 0.274. The van der Waals surface area contributed by atoms with Crippen LogP contribution in [0.4, 0.5) is 0 Å². The molecule has 2 fully saturated rings. The van der Waals surface area contributed by atoms with E-state index in [9.17, 15) is 0 Å². The Kier molecular flexibility index (Phi) is 3.65. The predicted molar refractivity (Wildman–Crippen MR) is 60.0 cm³/mol. The van der Waals surface area contributed by atoms with Crippen molar-refractivity contribution in [2.45, 2.75) is 57.5 Å². The van der Waals surface area contributed by atoms with Crippen molar-refractivity contribution in [2.24, 2.45) is 0 Å². The first-order valence-electron chi connectivity index (χ1n) is 6.18. The number of hydrogen-bond donors (Lipinski definition) is 0. The number of rotatable bonds is 5. The zero-order valence-electron chi connectivity index (χ0n) is 10.1. The molecule has 1 aliphatic heterocycles. The number of methoxy groups -OCH3 is 1. The molecule has 0 radical (unpaired) electrons. The van der Waals surface area contributed by atoms with E-state index in [1.807, 2.05) is 0 Å². The zero-order chi connectivity index (χ0) is 10.8. The van der Waals surface area contributed by atoms with E-state index in [4.69, 9.17) is 9.47 Å². The van der Waals surface area contributed by atoms with Crippen molar-refractivity contribution in [3.8, 4) is 0 Å². The van der Waals surface area contributed by atoms with Gasteiger partial charge in [-0.15, -0.1) is 0 Å². The fraction of sp³-hybridized carbons (Fsp3) is 1.00. The van der Waals surface area contributed by atoms with Gasteiger partial charge in [0, 0.05) is 13.7 Å². The van der Waals surface area contributed by atoms with E-state index in [1.165, 1.54) is 19.3 Å². The van der Waals surface area contributed by atoms with Gasteiger partial charge in [0.2, 0.25) is 0 Å². The first-order valence-corrected chi connectivity index (χ1v) is 6.18. The third-order valence-corrected chi connectivity index (χ3v) is 3.65. The van der Waals surface area contributed by atoms with Gasteiger partial charge in [0.05, 0.1) is 24.4 Å². The van der Waals surface area contributed by atoms with Crippen LogP contribution in [0.3, 0.4) is 0 Å². The van der Waals surface area contributed by atoms with Crippen LogP contribution in [0.5, 0.6) is 0 Å². The second kappa shape index (κ2) is 4.81. The number of hydrogen-bond acceptors (Lipinski definition) is 3. The molecular formula is C12H23NO2. The lowest BCUT2D eigenvalue weighted by Crippen LogP contribution is -2.45. The quantitative estimate of drug-likeness (QED) is 0.693. The smallest absolute Gasteiger partial charge is 0.0771 e. The Labute approximate surface area is 92.7 Å². The summed E-state index contributed by atoms with van der Waals surface area (Å²) in [5.41, 5.74) is 0. The highest BCUT2D eigenvalue weighted by molar-refractivity contribution is 4.93. The lowest BCUT2D eigenvalue weighted by Gasteiger charge is -2.31. The summed E-state index contributed by atoms with van der Waals surface area (Å²) in [7, 11) is 1.80. The summed E-state index contributed by atoms with van der Waals surface area (Å²) in [6.45, 7) is 6.63. The Balaban J connectivity index is 1.95. The van der Waals surface area contributed by atoms with Crippen LogP contribution in [0.25, 0.3) is 0 Å². The van der Waals surface area contributed by atoms with Crippen molar-refractivity contribution < 1.29 is 9.47 Å². The van der Waals surface area contributed by atoms with Crippen molar-refractivity contribution in [2.75, 3.05) is 20.2 Å². The molecule has 1 aliphatic carbocycles. The van der Waals surface area contributed by atoms with Crippen LogP contribution in [0.15, 0.2) is 0 Å². The van der Waals surface area contributed by atoms with Crippen LogP contribution in [0.2, 0.25) is 0 Å². The van der Waals surface area contributed by atoms with Crippen LogP contribution in [0, 0.1) is 0 Å². The van der Waals surface area contributed by atoms with Gasteiger partial charge in [-0.2, -0.15) is 0 Å². The standard InChI is InChI=1S/C12H23NO2/c1-4-13-8-7-11(15-10-5-6-10)12(13)9(2)14-3/h9-12H,4-8H2,1-3H3/t9-,11-,12+/m0/s1. The van der Waals surface area contributed by atoms with E-state index in [1.54, 1.807) is 7.11 Å². The van der Waals surface area contributed by atoms with E-state index in [-0.39, 0.29) is 6.10 Å². The minimum atomic E-state index is 0.274. The normalized spacial score (nSPS) is 34.6. The molecule has 0 amide bonds. The maximum absolute atomic E-state index is 6.07. The number of likely N-dealkylation sites (N-methyl/N-ethyl adjacent to an activating group) is 1. The first kappa shape index (κ1) is 11.4. The molecule has 0 spiro atoms. The summed E-state index contributed by atoms with van der Waals surface area (Å²) in [6, 6.07) is 0.459. The van der Waals surface area contributed by atoms with E-state index in [0.717, 1.165) is 13.1 Å². The number of nitrogens with zero attached hydrogens (tertiary/aromatic N) is 1. The van der Waals surface area contributed by atoms with Gasteiger partial charge in [0.15, 0.2) is 0 Å². The summed E-state index contributed by atoms with van der Waals surface area (Å²) in [5.74, 6) is 0. The van der Waals surface area contributed by atoms with Crippen molar-refractivity contribution in [1.29, 1.82) is 0 Å². The third-order valence-electron chi connectivity index (χ3n) is 3.65. The molecule has 3 atom stereocenters. The summed E-state index contributed by atoms with van der Waals surface area (Å²) >= 11 is 0. The van der Waals surface area contributed by atoms with E-state index in [2.05, 4.69) is 18.7 Å². The molecule has 0 aromatic carbocycles. The zero-order valence-corrected chi connectivity index (χ0v) is 10.1. The van der Waals surface area contributed by atoms with Crippen LogP contribution in [-0.4, -0.2) is 49.5 Å². The van der Waals surface area contributed by atoms with Crippen LogP contribution < -0.4 is 0 Å². The topological polar surface area (TPSA) is 21.7 Å².